The molecule has 0 spiro atoms. The Hall–Kier alpha value is -2.65. The van der Waals surface area contributed by atoms with Crippen LogP contribution in [0.5, 0.6) is 0 Å². The SMILES string of the molecule is Cn1cccc1C(=O)NNS(=O)(=O)c1ccc(C(N)=O)cc1. The van der Waals surface area contributed by atoms with Gasteiger partial charge in [0.25, 0.3) is 15.9 Å². The maximum atomic E-state index is 12.0. The van der Waals surface area contributed by atoms with Crippen molar-refractivity contribution in [2.45, 2.75) is 4.90 Å². The Labute approximate surface area is 126 Å². The first-order valence-electron chi connectivity index (χ1n) is 6.14. The van der Waals surface area contributed by atoms with E-state index in [2.05, 4.69) is 5.43 Å². The summed E-state index contributed by atoms with van der Waals surface area (Å²) < 4.78 is 25.6. The molecule has 0 bridgehead atoms. The van der Waals surface area contributed by atoms with Crippen molar-refractivity contribution in [2.24, 2.45) is 12.8 Å². The number of amides is 2. The summed E-state index contributed by atoms with van der Waals surface area (Å²) >= 11 is 0. The molecule has 2 rings (SSSR count). The van der Waals surface area contributed by atoms with Gasteiger partial charge in [0.05, 0.1) is 4.90 Å². The number of rotatable bonds is 5. The van der Waals surface area contributed by atoms with E-state index in [0.717, 1.165) is 0 Å². The number of aryl methyl sites for hydroxylation is 1. The number of hydrogen-bond donors (Lipinski definition) is 3. The predicted molar refractivity (Wildman–Crippen MR) is 78.2 cm³/mol. The maximum Gasteiger partial charge on any atom is 0.282 e. The average molecular weight is 322 g/mol. The number of carbonyl (C=O) groups excluding carboxylic acids is 2. The zero-order valence-electron chi connectivity index (χ0n) is 11.6. The van der Waals surface area contributed by atoms with Gasteiger partial charge in [-0.25, -0.2) is 8.42 Å². The predicted octanol–water partition coefficient (Wildman–Crippen LogP) is -0.253. The molecule has 0 atom stereocenters. The first-order valence-corrected chi connectivity index (χ1v) is 7.63. The molecular formula is C13H14N4O4S. The number of primary amides is 1. The van der Waals surface area contributed by atoms with Crippen molar-refractivity contribution in [3.8, 4) is 0 Å². The van der Waals surface area contributed by atoms with Gasteiger partial charge in [0.2, 0.25) is 5.91 Å². The molecule has 8 nitrogen and oxygen atoms in total. The van der Waals surface area contributed by atoms with Gasteiger partial charge in [0, 0.05) is 18.8 Å². The van der Waals surface area contributed by atoms with Crippen LogP contribution < -0.4 is 16.0 Å². The Morgan fingerprint density at radius 3 is 2.27 bits per heavy atom. The Morgan fingerprint density at radius 2 is 1.77 bits per heavy atom. The van der Waals surface area contributed by atoms with Gasteiger partial charge < -0.3 is 10.3 Å². The van der Waals surface area contributed by atoms with Crippen LogP contribution in [-0.2, 0) is 17.1 Å². The highest BCUT2D eigenvalue weighted by Crippen LogP contribution is 2.09. The van der Waals surface area contributed by atoms with E-state index in [-0.39, 0.29) is 10.5 Å². The van der Waals surface area contributed by atoms with E-state index in [1.54, 1.807) is 29.9 Å². The minimum Gasteiger partial charge on any atom is -0.366 e. The number of nitrogens with two attached hydrogens (primary N) is 1. The van der Waals surface area contributed by atoms with E-state index in [9.17, 15) is 18.0 Å². The van der Waals surface area contributed by atoms with Crippen LogP contribution in [0.2, 0.25) is 0 Å². The highest BCUT2D eigenvalue weighted by Gasteiger charge is 2.17. The Bertz CT molecular complexity index is 809. The van der Waals surface area contributed by atoms with Crippen molar-refractivity contribution in [3.63, 3.8) is 0 Å². The number of nitrogens with zero attached hydrogens (tertiary/aromatic N) is 1. The second-order valence-electron chi connectivity index (χ2n) is 4.45. The fourth-order valence-electron chi connectivity index (χ4n) is 1.73. The van der Waals surface area contributed by atoms with E-state index < -0.39 is 21.8 Å². The summed E-state index contributed by atoms with van der Waals surface area (Å²) in [5.74, 6) is -1.25. The third-order valence-electron chi connectivity index (χ3n) is 2.92. The summed E-state index contributed by atoms with van der Waals surface area (Å²) in [7, 11) is -2.29. The van der Waals surface area contributed by atoms with Crippen LogP contribution in [-0.4, -0.2) is 24.8 Å². The van der Waals surface area contributed by atoms with E-state index in [1.807, 2.05) is 4.83 Å². The lowest BCUT2D eigenvalue weighted by Crippen LogP contribution is -2.42. The van der Waals surface area contributed by atoms with Gasteiger partial charge >= 0.3 is 0 Å². The molecule has 22 heavy (non-hydrogen) atoms. The molecule has 0 saturated carbocycles. The number of hydrogen-bond acceptors (Lipinski definition) is 4. The van der Waals surface area contributed by atoms with E-state index in [4.69, 9.17) is 5.73 Å². The number of aromatic nitrogens is 1. The third-order valence-corrected chi connectivity index (χ3v) is 4.19. The van der Waals surface area contributed by atoms with Crippen molar-refractivity contribution in [1.29, 1.82) is 0 Å². The summed E-state index contributed by atoms with van der Waals surface area (Å²) in [5, 5.41) is 0. The van der Waals surface area contributed by atoms with Crippen LogP contribution in [0.3, 0.4) is 0 Å². The summed E-state index contributed by atoms with van der Waals surface area (Å²) in [4.78, 5) is 24.6. The first-order chi connectivity index (χ1) is 10.3. The van der Waals surface area contributed by atoms with Crippen LogP contribution in [0.15, 0.2) is 47.5 Å². The van der Waals surface area contributed by atoms with Crippen molar-refractivity contribution in [2.75, 3.05) is 0 Å². The van der Waals surface area contributed by atoms with Crippen LogP contribution in [0.25, 0.3) is 0 Å². The van der Waals surface area contributed by atoms with Crippen molar-refractivity contribution in [3.05, 3.63) is 53.9 Å². The highest BCUT2D eigenvalue weighted by atomic mass is 32.2. The third kappa shape index (κ3) is 3.32. The monoisotopic (exact) mass is 322 g/mol. The van der Waals surface area contributed by atoms with E-state index in [0.29, 0.717) is 5.69 Å². The number of nitrogens with one attached hydrogen (secondary N) is 2. The lowest BCUT2D eigenvalue weighted by atomic mass is 10.2. The maximum absolute atomic E-state index is 12.0. The molecule has 116 valence electrons. The fraction of sp³-hybridized carbons (Fsp3) is 0.0769. The lowest BCUT2D eigenvalue weighted by Gasteiger charge is -2.09. The zero-order chi connectivity index (χ0) is 16.3. The molecule has 2 aromatic rings. The van der Waals surface area contributed by atoms with Crippen molar-refractivity contribution < 1.29 is 18.0 Å². The number of hydrazine groups is 1. The van der Waals surface area contributed by atoms with Crippen LogP contribution >= 0.6 is 0 Å². The molecule has 9 heteroatoms. The van der Waals surface area contributed by atoms with Gasteiger partial charge in [-0.1, -0.05) is 0 Å². The van der Waals surface area contributed by atoms with Crippen LogP contribution in [0, 0.1) is 0 Å². The largest absolute Gasteiger partial charge is 0.366 e. The van der Waals surface area contributed by atoms with Gasteiger partial charge in [-0.05, 0) is 36.4 Å². The summed E-state index contributed by atoms with van der Waals surface area (Å²) in [6, 6.07) is 8.22. The Balaban J connectivity index is 2.09. The first kappa shape index (κ1) is 15.7. The molecule has 0 unspecified atom stereocenters. The summed E-state index contributed by atoms with van der Waals surface area (Å²) in [6.07, 6.45) is 1.66. The van der Waals surface area contributed by atoms with Gasteiger partial charge in [0.15, 0.2) is 0 Å². The van der Waals surface area contributed by atoms with E-state index >= 15 is 0 Å². The molecule has 0 saturated heterocycles. The minimum absolute atomic E-state index is 0.107. The normalized spacial score (nSPS) is 11.1. The van der Waals surface area contributed by atoms with Gasteiger partial charge in [0.1, 0.15) is 5.69 Å². The standard InChI is InChI=1S/C13H14N4O4S/c1-17-8-2-3-11(17)13(19)15-16-22(20,21)10-6-4-9(5-7-10)12(14)18/h2-8,16H,1H3,(H2,14,18)(H,15,19). The van der Waals surface area contributed by atoms with Crippen LogP contribution in [0.4, 0.5) is 0 Å². The van der Waals surface area contributed by atoms with Crippen molar-refractivity contribution in [1.82, 2.24) is 14.8 Å². The molecular weight excluding hydrogens is 308 g/mol. The van der Waals surface area contributed by atoms with Crippen LogP contribution in [0.1, 0.15) is 20.8 Å². The molecule has 1 aromatic heterocycles. The molecule has 0 fully saturated rings. The highest BCUT2D eigenvalue weighted by molar-refractivity contribution is 7.89. The van der Waals surface area contributed by atoms with Crippen molar-refractivity contribution >= 4 is 21.8 Å². The second kappa shape index (κ2) is 6.00. The average Bonchev–Trinajstić information content (AvgIpc) is 2.91. The molecule has 2 amide bonds. The topological polar surface area (TPSA) is 123 Å². The molecule has 0 aliphatic heterocycles. The van der Waals surface area contributed by atoms with Gasteiger partial charge in [-0.3, -0.25) is 15.0 Å². The number of benzene rings is 1. The summed E-state index contributed by atoms with van der Waals surface area (Å²) in [5.41, 5.74) is 7.67. The van der Waals surface area contributed by atoms with Gasteiger partial charge in [-0.15, -0.1) is 4.83 Å². The quantitative estimate of drug-likeness (QED) is 0.657. The second-order valence-corrected chi connectivity index (χ2v) is 6.13. The smallest absolute Gasteiger partial charge is 0.282 e. The molecule has 0 aliphatic carbocycles. The fourth-order valence-corrected chi connectivity index (χ4v) is 2.57. The van der Waals surface area contributed by atoms with Gasteiger partial charge in [-0.2, -0.15) is 0 Å². The molecule has 1 heterocycles. The Morgan fingerprint density at radius 1 is 1.14 bits per heavy atom. The summed E-state index contributed by atoms with van der Waals surface area (Å²) in [6.45, 7) is 0. The lowest BCUT2D eigenvalue weighted by molar-refractivity contribution is 0.0936. The van der Waals surface area contributed by atoms with E-state index in [1.165, 1.54) is 24.3 Å². The molecule has 4 N–H and O–H groups in total. The zero-order valence-corrected chi connectivity index (χ0v) is 12.4. The number of carbonyl (C=O) groups is 2. The minimum atomic E-state index is -3.95. The molecule has 1 aromatic carbocycles. The Kier molecular flexibility index (Phi) is 4.29. The molecule has 0 radical (unpaired) electrons. The molecule has 0 aliphatic rings. The number of sulfonamides is 1.